The number of ether oxygens (including phenoxy) is 1. The molecule has 8 heteroatoms. The number of amidine groups is 1. The number of carbonyl (C=O) groups excluding carboxylic acids is 1. The van der Waals surface area contributed by atoms with Crippen LogP contribution in [0.25, 0.3) is 16.8 Å². The van der Waals surface area contributed by atoms with E-state index in [2.05, 4.69) is 41.5 Å². The van der Waals surface area contributed by atoms with Crippen molar-refractivity contribution in [1.82, 2.24) is 4.98 Å². The van der Waals surface area contributed by atoms with Crippen LogP contribution in [-0.2, 0) is 11.3 Å². The van der Waals surface area contributed by atoms with Crippen molar-refractivity contribution in [2.24, 2.45) is 22.6 Å². The molecule has 36 heavy (non-hydrogen) atoms. The molecule has 7 nitrogen and oxygen atoms in total. The molecule has 1 heterocycles. The highest BCUT2D eigenvalue weighted by atomic mass is 32.1. The molecule has 2 aromatic carbocycles. The summed E-state index contributed by atoms with van der Waals surface area (Å²) in [6, 6.07) is 16.9. The molecule has 0 radical (unpaired) electrons. The largest absolute Gasteiger partial charge is 0.444 e. The summed E-state index contributed by atoms with van der Waals surface area (Å²) < 4.78 is 5.30. The number of fused-ring (bicyclic) bond motifs is 1. The number of aliphatic imine (C=N–C) groups is 1. The Hall–Kier alpha value is -4.30. The molecular weight excluding hydrogens is 470 g/mol. The van der Waals surface area contributed by atoms with Crippen molar-refractivity contribution in [3.63, 3.8) is 0 Å². The number of rotatable bonds is 7. The van der Waals surface area contributed by atoms with Crippen molar-refractivity contribution in [2.45, 2.75) is 13.5 Å². The number of nitrogens with two attached hydrogens (primary N) is 1. The van der Waals surface area contributed by atoms with Crippen molar-refractivity contribution >= 4 is 40.9 Å². The Bertz CT molecular complexity index is 1420. The second kappa shape index (κ2) is 10.1. The quantitative estimate of drug-likeness (QED) is 0.275. The fourth-order valence-corrected chi connectivity index (χ4v) is 5.61. The van der Waals surface area contributed by atoms with Crippen LogP contribution in [0.15, 0.2) is 89.5 Å². The number of anilines is 1. The number of allylic oxidation sites excluding steroid dienone is 6. The van der Waals surface area contributed by atoms with Gasteiger partial charge in [0.25, 0.3) is 0 Å². The van der Waals surface area contributed by atoms with Gasteiger partial charge in [0.05, 0.1) is 10.6 Å². The lowest BCUT2D eigenvalue weighted by Crippen LogP contribution is -2.26. The predicted molar refractivity (Wildman–Crippen MR) is 145 cm³/mol. The fraction of sp³-hybridized carbons (Fsp3) is 0.143. The molecule has 3 aromatic rings. The van der Waals surface area contributed by atoms with Gasteiger partial charge in [-0.05, 0) is 34.8 Å². The standard InChI is InChI=1S/C28H25N5O2S/c1-17-21-9-5-6-10-22(21)23(17)27-33-24(25(36-27)26(30)31-16-29)19-11-13-20(14-12-19)32-28(34)35-15-18-7-3-2-4-8-18/h2-14,16-17,21H,15H2,1H3,(H,32,34)(H3,29,30,31). The summed E-state index contributed by atoms with van der Waals surface area (Å²) in [5, 5.41) is 11.0. The average Bonchev–Trinajstić information content (AvgIpc) is 3.33. The van der Waals surface area contributed by atoms with Crippen LogP contribution in [0.4, 0.5) is 10.5 Å². The Morgan fingerprint density at radius 3 is 2.72 bits per heavy atom. The maximum Gasteiger partial charge on any atom is 0.411 e. The zero-order valence-corrected chi connectivity index (χ0v) is 20.5. The molecule has 2 aliphatic carbocycles. The van der Waals surface area contributed by atoms with Crippen LogP contribution in [0.5, 0.6) is 0 Å². The third kappa shape index (κ3) is 4.63. The van der Waals surface area contributed by atoms with Crippen LogP contribution >= 0.6 is 11.3 Å². The summed E-state index contributed by atoms with van der Waals surface area (Å²) in [6.07, 6.45) is 8.91. The maximum absolute atomic E-state index is 12.2. The van der Waals surface area contributed by atoms with E-state index in [0.29, 0.717) is 23.2 Å². The molecule has 0 bridgehead atoms. The SMILES string of the molecule is CC1C(c2nc(-c3ccc(NC(=O)OCc4ccccc4)cc3)c(C(N)=NC=N)s2)=C2C=CC=CC21. The van der Waals surface area contributed by atoms with Crippen LogP contribution in [0, 0.1) is 17.2 Å². The van der Waals surface area contributed by atoms with Gasteiger partial charge in [0.15, 0.2) is 0 Å². The van der Waals surface area contributed by atoms with Gasteiger partial charge >= 0.3 is 6.09 Å². The van der Waals surface area contributed by atoms with E-state index in [1.807, 2.05) is 42.5 Å². The lowest BCUT2D eigenvalue weighted by atomic mass is 9.67. The Morgan fingerprint density at radius 2 is 1.97 bits per heavy atom. The number of aromatic nitrogens is 1. The lowest BCUT2D eigenvalue weighted by Gasteiger charge is -2.37. The normalized spacial score (nSPS) is 18.4. The van der Waals surface area contributed by atoms with Gasteiger partial charge in [0, 0.05) is 17.2 Å². The summed E-state index contributed by atoms with van der Waals surface area (Å²) in [6.45, 7) is 2.41. The first-order valence-corrected chi connectivity index (χ1v) is 12.4. The second-order valence-corrected chi connectivity index (χ2v) is 9.53. The zero-order valence-electron chi connectivity index (χ0n) is 19.6. The molecule has 2 atom stereocenters. The van der Waals surface area contributed by atoms with Gasteiger partial charge in [-0.2, -0.15) is 0 Å². The van der Waals surface area contributed by atoms with E-state index >= 15 is 0 Å². The summed E-state index contributed by atoms with van der Waals surface area (Å²) in [5.74, 6) is 1.03. The molecular formula is C28H25N5O2S. The minimum Gasteiger partial charge on any atom is -0.444 e. The fourth-order valence-electron chi connectivity index (χ4n) is 4.45. The Labute approximate surface area is 213 Å². The molecule has 0 saturated heterocycles. The van der Waals surface area contributed by atoms with Gasteiger partial charge in [-0.1, -0.05) is 73.7 Å². The van der Waals surface area contributed by atoms with E-state index in [-0.39, 0.29) is 12.4 Å². The minimum absolute atomic E-state index is 0.198. The number of nitrogens with zero attached hydrogens (tertiary/aromatic N) is 2. The van der Waals surface area contributed by atoms with E-state index in [0.717, 1.165) is 27.4 Å². The van der Waals surface area contributed by atoms with Gasteiger partial charge in [0.2, 0.25) is 0 Å². The number of benzene rings is 2. The molecule has 4 N–H and O–H groups in total. The average molecular weight is 496 g/mol. The van der Waals surface area contributed by atoms with E-state index in [1.54, 1.807) is 12.1 Å². The number of carbonyl (C=O) groups is 1. The molecule has 5 rings (SSSR count). The topological polar surface area (TPSA) is 113 Å². The van der Waals surface area contributed by atoms with Crippen LogP contribution in [0.2, 0.25) is 0 Å². The van der Waals surface area contributed by atoms with Crippen LogP contribution in [0.3, 0.4) is 0 Å². The first-order chi connectivity index (χ1) is 17.5. The third-order valence-corrected chi connectivity index (χ3v) is 7.39. The molecule has 0 spiro atoms. The first-order valence-electron chi connectivity index (χ1n) is 11.6. The Kier molecular flexibility index (Phi) is 6.60. The summed E-state index contributed by atoms with van der Waals surface area (Å²) in [5.41, 5.74) is 11.8. The minimum atomic E-state index is -0.526. The van der Waals surface area contributed by atoms with E-state index in [9.17, 15) is 4.79 Å². The van der Waals surface area contributed by atoms with Gasteiger partial charge in [-0.15, -0.1) is 11.3 Å². The zero-order chi connectivity index (χ0) is 25.1. The maximum atomic E-state index is 12.2. The van der Waals surface area contributed by atoms with E-state index < -0.39 is 6.09 Å². The van der Waals surface area contributed by atoms with Gasteiger partial charge in [-0.25, -0.2) is 14.8 Å². The smallest absolute Gasteiger partial charge is 0.411 e. The molecule has 2 aliphatic rings. The molecule has 1 amide bonds. The highest BCUT2D eigenvalue weighted by Gasteiger charge is 2.37. The lowest BCUT2D eigenvalue weighted by molar-refractivity contribution is 0.155. The molecule has 0 fully saturated rings. The summed E-state index contributed by atoms with van der Waals surface area (Å²) >= 11 is 1.49. The number of nitrogens with one attached hydrogen (secondary N) is 2. The van der Waals surface area contributed by atoms with Crippen molar-refractivity contribution in [1.29, 1.82) is 5.41 Å². The summed E-state index contributed by atoms with van der Waals surface area (Å²) in [7, 11) is 0. The van der Waals surface area contributed by atoms with Crippen LogP contribution in [-0.4, -0.2) is 23.3 Å². The summed E-state index contributed by atoms with van der Waals surface area (Å²) in [4.78, 5) is 21.9. The highest BCUT2D eigenvalue weighted by Crippen LogP contribution is 2.50. The molecule has 1 aromatic heterocycles. The molecule has 2 unspecified atom stereocenters. The number of hydrogen-bond acceptors (Lipinski definition) is 5. The van der Waals surface area contributed by atoms with Crippen molar-refractivity contribution < 1.29 is 9.53 Å². The molecule has 180 valence electrons. The van der Waals surface area contributed by atoms with Crippen molar-refractivity contribution in [2.75, 3.05) is 5.32 Å². The highest BCUT2D eigenvalue weighted by molar-refractivity contribution is 7.15. The van der Waals surface area contributed by atoms with Crippen LogP contribution in [0.1, 0.15) is 22.4 Å². The monoisotopic (exact) mass is 495 g/mol. The predicted octanol–water partition coefficient (Wildman–Crippen LogP) is 6.02. The van der Waals surface area contributed by atoms with Gasteiger partial charge in [0.1, 0.15) is 23.8 Å². The number of hydrogen-bond donors (Lipinski definition) is 3. The van der Waals surface area contributed by atoms with Crippen molar-refractivity contribution in [3.8, 4) is 11.3 Å². The second-order valence-electron chi connectivity index (χ2n) is 8.53. The van der Waals surface area contributed by atoms with Crippen LogP contribution < -0.4 is 11.1 Å². The third-order valence-electron chi connectivity index (χ3n) is 6.28. The van der Waals surface area contributed by atoms with E-state index in [4.69, 9.17) is 20.9 Å². The molecule has 0 saturated carbocycles. The number of amides is 1. The van der Waals surface area contributed by atoms with Crippen molar-refractivity contribution in [3.05, 3.63) is 99.9 Å². The van der Waals surface area contributed by atoms with Gasteiger partial charge in [-0.3, -0.25) is 10.7 Å². The Morgan fingerprint density at radius 1 is 1.19 bits per heavy atom. The number of thiazole rings is 1. The first kappa shape index (κ1) is 23.4. The van der Waals surface area contributed by atoms with Gasteiger partial charge < -0.3 is 10.5 Å². The van der Waals surface area contributed by atoms with E-state index in [1.165, 1.54) is 22.5 Å². The Balaban J connectivity index is 1.37. The molecule has 0 aliphatic heterocycles.